The zero-order valence-corrected chi connectivity index (χ0v) is 18.9. The Bertz CT molecular complexity index is 1000. The highest BCUT2D eigenvalue weighted by molar-refractivity contribution is 5.95. The van der Waals surface area contributed by atoms with Crippen molar-refractivity contribution in [3.05, 3.63) is 53.1 Å². The van der Waals surface area contributed by atoms with Gasteiger partial charge in [-0.3, -0.25) is 4.79 Å². The molecular formula is C24H26F3NO6. The zero-order valence-electron chi connectivity index (χ0n) is 18.9. The van der Waals surface area contributed by atoms with E-state index in [1.807, 2.05) is 0 Å². The first-order chi connectivity index (χ1) is 16.1. The van der Waals surface area contributed by atoms with E-state index in [0.717, 1.165) is 12.1 Å². The van der Waals surface area contributed by atoms with Gasteiger partial charge in [-0.2, -0.15) is 13.2 Å². The fraction of sp³-hybridized carbons (Fsp3) is 0.458. The molecule has 2 aliphatic rings. The number of hydrogen-bond acceptors (Lipinski definition) is 6. The first-order valence-electron chi connectivity index (χ1n) is 10.8. The highest BCUT2D eigenvalue weighted by Crippen LogP contribution is 2.43. The van der Waals surface area contributed by atoms with Crippen molar-refractivity contribution in [1.29, 1.82) is 0 Å². The summed E-state index contributed by atoms with van der Waals surface area (Å²) in [4.78, 5) is 14.8. The Hall–Kier alpha value is -2.98. The number of methoxy groups -OCH3 is 2. The summed E-state index contributed by atoms with van der Waals surface area (Å²) in [5.41, 5.74) is -1.15. The summed E-state index contributed by atoms with van der Waals surface area (Å²) in [6.07, 6.45) is -3.52. The van der Waals surface area contributed by atoms with E-state index >= 15 is 0 Å². The molecule has 0 saturated carbocycles. The topological polar surface area (TPSA) is 77.5 Å². The van der Waals surface area contributed by atoms with Crippen molar-refractivity contribution >= 4 is 5.91 Å². The Morgan fingerprint density at radius 2 is 1.62 bits per heavy atom. The monoisotopic (exact) mass is 481 g/mol. The molecule has 0 unspecified atom stereocenters. The van der Waals surface area contributed by atoms with Crippen molar-refractivity contribution in [3.8, 4) is 17.2 Å². The molecule has 2 aromatic rings. The first-order valence-corrected chi connectivity index (χ1v) is 10.8. The Balaban J connectivity index is 1.41. The average Bonchev–Trinajstić information content (AvgIpc) is 2.81. The molecule has 0 spiro atoms. The van der Waals surface area contributed by atoms with E-state index in [-0.39, 0.29) is 25.2 Å². The molecule has 0 atom stereocenters. The number of carbonyl (C=O) groups excluding carboxylic acids is 1. The Kier molecular flexibility index (Phi) is 6.64. The standard InChI is InChI=1S/C24H26F3NO6/c1-31-19-11-15(12-20(32-2)21(19)23(30)13-33-14-23)22(29)28-9-7-18(8-10-28)34-17-5-3-16(4-6-17)24(25,26)27/h3-6,11-12,18,30H,7-10,13-14H2,1-2H3. The summed E-state index contributed by atoms with van der Waals surface area (Å²) >= 11 is 0. The van der Waals surface area contributed by atoms with Gasteiger partial charge in [0.05, 0.1) is 38.6 Å². The van der Waals surface area contributed by atoms with E-state index < -0.39 is 17.3 Å². The minimum Gasteiger partial charge on any atom is -0.496 e. The van der Waals surface area contributed by atoms with Crippen LogP contribution in [-0.4, -0.2) is 62.5 Å². The molecule has 184 valence electrons. The Morgan fingerprint density at radius 3 is 2.06 bits per heavy atom. The molecule has 0 radical (unpaired) electrons. The van der Waals surface area contributed by atoms with Gasteiger partial charge in [0.15, 0.2) is 0 Å². The second-order valence-electron chi connectivity index (χ2n) is 8.41. The molecule has 1 N–H and O–H groups in total. The summed E-state index contributed by atoms with van der Waals surface area (Å²) < 4.78 is 60.0. The van der Waals surface area contributed by atoms with Gasteiger partial charge in [0, 0.05) is 31.5 Å². The summed E-state index contributed by atoms with van der Waals surface area (Å²) in [5, 5.41) is 10.7. The highest BCUT2D eigenvalue weighted by atomic mass is 19.4. The summed E-state index contributed by atoms with van der Waals surface area (Å²) in [6, 6.07) is 7.76. The second kappa shape index (κ2) is 9.34. The lowest BCUT2D eigenvalue weighted by molar-refractivity contribution is -0.186. The molecule has 4 rings (SSSR count). The van der Waals surface area contributed by atoms with Crippen LogP contribution in [0.4, 0.5) is 13.2 Å². The molecule has 10 heteroatoms. The maximum absolute atomic E-state index is 13.2. The number of hydrogen-bond donors (Lipinski definition) is 1. The number of benzene rings is 2. The quantitative estimate of drug-likeness (QED) is 0.679. The maximum atomic E-state index is 13.2. The van der Waals surface area contributed by atoms with Gasteiger partial charge in [-0.25, -0.2) is 0 Å². The number of alkyl halides is 3. The molecule has 2 fully saturated rings. The summed E-state index contributed by atoms with van der Waals surface area (Å²) in [6.45, 7) is 1.07. The Morgan fingerprint density at radius 1 is 1.06 bits per heavy atom. The zero-order chi connectivity index (χ0) is 24.5. The molecule has 0 aromatic heterocycles. The lowest BCUT2D eigenvalue weighted by Gasteiger charge is -2.38. The van der Waals surface area contributed by atoms with Crippen molar-refractivity contribution in [1.82, 2.24) is 4.90 Å². The van der Waals surface area contributed by atoms with Gasteiger partial charge in [-0.15, -0.1) is 0 Å². The lowest BCUT2D eigenvalue weighted by atomic mass is 9.89. The van der Waals surface area contributed by atoms with Gasteiger partial charge < -0.3 is 29.0 Å². The van der Waals surface area contributed by atoms with Crippen LogP contribution in [0.5, 0.6) is 17.2 Å². The molecule has 2 aromatic carbocycles. The van der Waals surface area contributed by atoms with Crippen molar-refractivity contribution in [2.75, 3.05) is 40.5 Å². The van der Waals surface area contributed by atoms with Crippen molar-refractivity contribution in [3.63, 3.8) is 0 Å². The minimum atomic E-state index is -4.39. The van der Waals surface area contributed by atoms with Gasteiger partial charge in [-0.05, 0) is 36.4 Å². The van der Waals surface area contributed by atoms with Crippen LogP contribution in [0.1, 0.15) is 34.3 Å². The maximum Gasteiger partial charge on any atom is 0.416 e. The average molecular weight is 481 g/mol. The van der Waals surface area contributed by atoms with Crippen LogP contribution < -0.4 is 14.2 Å². The van der Waals surface area contributed by atoms with Crippen molar-refractivity contribution in [2.24, 2.45) is 0 Å². The van der Waals surface area contributed by atoms with Crippen LogP contribution in [0, 0.1) is 0 Å². The van der Waals surface area contributed by atoms with Gasteiger partial charge in [-0.1, -0.05) is 0 Å². The van der Waals surface area contributed by atoms with Gasteiger partial charge in [0.25, 0.3) is 5.91 Å². The second-order valence-corrected chi connectivity index (χ2v) is 8.41. The predicted molar refractivity (Wildman–Crippen MR) is 115 cm³/mol. The number of piperidine rings is 1. The SMILES string of the molecule is COc1cc(C(=O)N2CCC(Oc3ccc(C(F)(F)F)cc3)CC2)cc(OC)c1C1(O)COC1. The van der Waals surface area contributed by atoms with Crippen LogP contribution in [0.2, 0.25) is 0 Å². The number of aliphatic hydroxyl groups is 1. The third kappa shape index (κ3) is 4.78. The molecule has 2 saturated heterocycles. The molecular weight excluding hydrogens is 455 g/mol. The molecule has 2 aliphatic heterocycles. The fourth-order valence-electron chi connectivity index (χ4n) is 4.21. The number of halogens is 3. The van der Waals surface area contributed by atoms with Gasteiger partial charge >= 0.3 is 6.18 Å². The van der Waals surface area contributed by atoms with E-state index in [9.17, 15) is 23.1 Å². The van der Waals surface area contributed by atoms with Crippen LogP contribution >= 0.6 is 0 Å². The van der Waals surface area contributed by atoms with Crippen LogP contribution in [0.25, 0.3) is 0 Å². The number of carbonyl (C=O) groups is 1. The van der Waals surface area contributed by atoms with E-state index in [0.29, 0.717) is 54.3 Å². The van der Waals surface area contributed by atoms with Crippen molar-refractivity contribution in [2.45, 2.75) is 30.7 Å². The molecule has 34 heavy (non-hydrogen) atoms. The van der Waals surface area contributed by atoms with Gasteiger partial charge in [0.2, 0.25) is 0 Å². The fourth-order valence-corrected chi connectivity index (χ4v) is 4.21. The molecule has 1 amide bonds. The van der Waals surface area contributed by atoms with Crippen LogP contribution in [0.15, 0.2) is 36.4 Å². The van der Waals surface area contributed by atoms with Crippen molar-refractivity contribution < 1.29 is 42.0 Å². The Labute approximate surface area is 195 Å². The number of nitrogens with zero attached hydrogens (tertiary/aromatic N) is 1. The summed E-state index contributed by atoms with van der Waals surface area (Å²) in [7, 11) is 2.92. The number of likely N-dealkylation sites (tertiary alicyclic amines) is 1. The molecule has 0 aliphatic carbocycles. The third-order valence-corrected chi connectivity index (χ3v) is 6.11. The third-order valence-electron chi connectivity index (χ3n) is 6.11. The van der Waals surface area contributed by atoms with Gasteiger partial charge in [0.1, 0.15) is 29.0 Å². The van der Waals surface area contributed by atoms with Crippen LogP contribution in [-0.2, 0) is 16.5 Å². The van der Waals surface area contributed by atoms with Crippen LogP contribution in [0.3, 0.4) is 0 Å². The normalized spacial score (nSPS) is 18.2. The highest BCUT2D eigenvalue weighted by Gasteiger charge is 2.43. The number of ether oxygens (including phenoxy) is 4. The number of amides is 1. The first kappa shape index (κ1) is 24.2. The van der Waals surface area contributed by atoms with E-state index in [1.54, 1.807) is 17.0 Å². The van der Waals surface area contributed by atoms with E-state index in [2.05, 4.69) is 0 Å². The predicted octanol–water partition coefficient (Wildman–Crippen LogP) is 3.62. The number of rotatable bonds is 6. The summed E-state index contributed by atoms with van der Waals surface area (Å²) in [5.74, 6) is 0.830. The van der Waals surface area contributed by atoms with E-state index in [1.165, 1.54) is 26.4 Å². The van der Waals surface area contributed by atoms with E-state index in [4.69, 9.17) is 18.9 Å². The minimum absolute atomic E-state index is 0.111. The smallest absolute Gasteiger partial charge is 0.416 e. The largest absolute Gasteiger partial charge is 0.496 e. The lowest BCUT2D eigenvalue weighted by Crippen LogP contribution is -2.47. The molecule has 0 bridgehead atoms. The molecule has 2 heterocycles. The molecule has 7 nitrogen and oxygen atoms in total.